The lowest BCUT2D eigenvalue weighted by atomic mass is 10.00. The molecule has 30 heavy (non-hydrogen) atoms. The van der Waals surface area contributed by atoms with Crippen molar-refractivity contribution in [1.82, 2.24) is 9.62 Å². The molecule has 158 valence electrons. The summed E-state index contributed by atoms with van der Waals surface area (Å²) in [5.41, 5.74) is 3.15. The van der Waals surface area contributed by atoms with Crippen LogP contribution in [0.5, 0.6) is 0 Å². The fourth-order valence-corrected chi connectivity index (χ4v) is 5.05. The standard InChI is InChI=1S/C22H25N3O4S/c26-21-10-11-22(27)25(21)19-6-8-20(9-7-19)30(28,29)23-13-3-14-24-15-12-17-4-1-2-5-18(17)16-24/h1-2,4-9,23H,3,10-16H2. The van der Waals surface area contributed by atoms with Crippen LogP contribution >= 0.6 is 0 Å². The molecule has 7 nitrogen and oxygen atoms in total. The molecule has 2 heterocycles. The van der Waals surface area contributed by atoms with E-state index in [0.29, 0.717) is 12.2 Å². The number of nitrogens with zero attached hydrogens (tertiary/aromatic N) is 2. The van der Waals surface area contributed by atoms with Gasteiger partial charge in [0.05, 0.1) is 10.6 Å². The first kappa shape index (κ1) is 20.7. The van der Waals surface area contributed by atoms with Crippen LogP contribution in [0.1, 0.15) is 30.4 Å². The predicted octanol–water partition coefficient (Wildman–Crippen LogP) is 2.07. The zero-order valence-corrected chi connectivity index (χ0v) is 17.5. The van der Waals surface area contributed by atoms with Gasteiger partial charge in [-0.05, 0) is 54.8 Å². The summed E-state index contributed by atoms with van der Waals surface area (Å²) in [6.07, 6.45) is 2.14. The molecule has 4 rings (SSSR count). The number of hydrogen-bond donors (Lipinski definition) is 1. The first-order valence-electron chi connectivity index (χ1n) is 10.2. The fourth-order valence-electron chi connectivity index (χ4n) is 3.98. The van der Waals surface area contributed by atoms with Gasteiger partial charge >= 0.3 is 0 Å². The molecule has 1 N–H and O–H groups in total. The molecule has 1 fully saturated rings. The highest BCUT2D eigenvalue weighted by molar-refractivity contribution is 7.89. The molecule has 2 aromatic rings. The van der Waals surface area contributed by atoms with Gasteiger partial charge in [0.25, 0.3) is 0 Å². The number of carbonyl (C=O) groups is 2. The van der Waals surface area contributed by atoms with Gasteiger partial charge in [-0.3, -0.25) is 19.4 Å². The number of sulfonamides is 1. The van der Waals surface area contributed by atoms with E-state index in [2.05, 4.69) is 33.9 Å². The molecule has 8 heteroatoms. The quantitative estimate of drug-likeness (QED) is 0.540. The van der Waals surface area contributed by atoms with Gasteiger partial charge < -0.3 is 0 Å². The smallest absolute Gasteiger partial charge is 0.240 e. The zero-order valence-electron chi connectivity index (χ0n) is 16.7. The SMILES string of the molecule is O=C1CCC(=O)N1c1ccc(S(=O)(=O)NCCCN2CCc3ccccc3C2)cc1. The van der Waals surface area contributed by atoms with Crippen LogP contribution in [0.4, 0.5) is 5.69 Å². The maximum atomic E-state index is 12.5. The van der Waals surface area contributed by atoms with Crippen LogP contribution < -0.4 is 9.62 Å². The number of benzene rings is 2. The van der Waals surface area contributed by atoms with Crippen molar-refractivity contribution in [2.24, 2.45) is 0 Å². The number of carbonyl (C=O) groups excluding carboxylic acids is 2. The van der Waals surface area contributed by atoms with Crippen LogP contribution in [-0.2, 0) is 32.6 Å². The van der Waals surface area contributed by atoms with Crippen molar-refractivity contribution in [3.8, 4) is 0 Å². The Bertz CT molecular complexity index is 1030. The van der Waals surface area contributed by atoms with Crippen molar-refractivity contribution in [3.63, 3.8) is 0 Å². The first-order valence-corrected chi connectivity index (χ1v) is 11.7. The Labute approximate surface area is 176 Å². The summed E-state index contributed by atoms with van der Waals surface area (Å²) in [4.78, 5) is 27.2. The second-order valence-corrected chi connectivity index (χ2v) is 9.43. The van der Waals surface area contributed by atoms with Crippen LogP contribution in [0.25, 0.3) is 0 Å². The number of amides is 2. The minimum Gasteiger partial charge on any atom is -0.299 e. The predicted molar refractivity (Wildman–Crippen MR) is 113 cm³/mol. The molecule has 0 aliphatic carbocycles. The molecule has 0 spiro atoms. The molecule has 2 aliphatic heterocycles. The minimum absolute atomic E-state index is 0.122. The van der Waals surface area contributed by atoms with Crippen molar-refractivity contribution in [1.29, 1.82) is 0 Å². The lowest BCUT2D eigenvalue weighted by molar-refractivity contribution is -0.121. The van der Waals surface area contributed by atoms with Crippen molar-refractivity contribution >= 4 is 27.5 Å². The average molecular weight is 428 g/mol. The molecule has 0 saturated carbocycles. The van der Waals surface area contributed by atoms with Crippen molar-refractivity contribution in [3.05, 3.63) is 59.7 Å². The van der Waals surface area contributed by atoms with Gasteiger partial charge in [-0.2, -0.15) is 0 Å². The number of fused-ring (bicyclic) bond motifs is 1. The van der Waals surface area contributed by atoms with E-state index in [1.165, 1.54) is 35.4 Å². The molecule has 1 saturated heterocycles. The maximum absolute atomic E-state index is 12.5. The van der Waals surface area contributed by atoms with E-state index in [1.807, 2.05) is 0 Å². The molecule has 2 aliphatic rings. The highest BCUT2D eigenvalue weighted by Gasteiger charge is 2.30. The number of imide groups is 1. The number of nitrogens with one attached hydrogen (secondary N) is 1. The number of hydrogen-bond acceptors (Lipinski definition) is 5. The van der Waals surface area contributed by atoms with Crippen LogP contribution in [0, 0.1) is 0 Å². The first-order chi connectivity index (χ1) is 14.4. The van der Waals surface area contributed by atoms with Gasteiger partial charge in [0.1, 0.15) is 0 Å². The van der Waals surface area contributed by atoms with E-state index in [1.54, 1.807) is 0 Å². The van der Waals surface area contributed by atoms with E-state index < -0.39 is 10.0 Å². The molecule has 2 amide bonds. The highest BCUT2D eigenvalue weighted by atomic mass is 32.2. The highest BCUT2D eigenvalue weighted by Crippen LogP contribution is 2.24. The van der Waals surface area contributed by atoms with E-state index in [0.717, 1.165) is 37.4 Å². The molecule has 2 aromatic carbocycles. The maximum Gasteiger partial charge on any atom is 0.240 e. The monoisotopic (exact) mass is 427 g/mol. The van der Waals surface area contributed by atoms with Crippen molar-refractivity contribution in [2.75, 3.05) is 24.5 Å². The normalized spacial score (nSPS) is 17.4. The van der Waals surface area contributed by atoms with Crippen LogP contribution in [-0.4, -0.2) is 44.8 Å². The largest absolute Gasteiger partial charge is 0.299 e. The summed E-state index contributed by atoms with van der Waals surface area (Å²) in [5, 5.41) is 0. The van der Waals surface area contributed by atoms with Gasteiger partial charge in [-0.1, -0.05) is 24.3 Å². The Morgan fingerprint density at radius 1 is 0.867 bits per heavy atom. The molecule has 0 atom stereocenters. The lowest BCUT2D eigenvalue weighted by Gasteiger charge is -2.28. The Hall–Kier alpha value is -2.55. The third kappa shape index (κ3) is 4.45. The molecular formula is C22H25N3O4S. The second-order valence-electron chi connectivity index (χ2n) is 7.66. The summed E-state index contributed by atoms with van der Waals surface area (Å²) in [5.74, 6) is -0.511. The molecule has 0 radical (unpaired) electrons. The van der Waals surface area contributed by atoms with E-state index in [-0.39, 0.29) is 29.6 Å². The van der Waals surface area contributed by atoms with E-state index in [9.17, 15) is 18.0 Å². The van der Waals surface area contributed by atoms with Gasteiger partial charge in [0.2, 0.25) is 21.8 Å². The Morgan fingerprint density at radius 3 is 2.23 bits per heavy atom. The molecule has 0 unspecified atom stereocenters. The molecule has 0 aromatic heterocycles. The number of rotatable bonds is 7. The lowest BCUT2D eigenvalue weighted by Crippen LogP contribution is -2.33. The average Bonchev–Trinajstić information content (AvgIpc) is 3.09. The Kier molecular flexibility index (Phi) is 5.99. The summed E-state index contributed by atoms with van der Waals surface area (Å²) >= 11 is 0. The zero-order chi connectivity index (χ0) is 21.1. The van der Waals surface area contributed by atoms with Crippen molar-refractivity contribution in [2.45, 2.75) is 37.1 Å². The van der Waals surface area contributed by atoms with Gasteiger partial charge in [-0.15, -0.1) is 0 Å². The third-order valence-corrected chi connectivity index (χ3v) is 7.09. The van der Waals surface area contributed by atoms with Crippen LogP contribution in [0.15, 0.2) is 53.4 Å². The molecule has 0 bridgehead atoms. The Morgan fingerprint density at radius 2 is 1.53 bits per heavy atom. The van der Waals surface area contributed by atoms with Crippen molar-refractivity contribution < 1.29 is 18.0 Å². The summed E-state index contributed by atoms with van der Waals surface area (Å²) in [6, 6.07) is 14.3. The van der Waals surface area contributed by atoms with Gasteiger partial charge in [0.15, 0.2) is 0 Å². The summed E-state index contributed by atoms with van der Waals surface area (Å²) in [7, 11) is -3.64. The molecular weight excluding hydrogens is 402 g/mol. The van der Waals surface area contributed by atoms with Crippen LogP contribution in [0.3, 0.4) is 0 Å². The van der Waals surface area contributed by atoms with E-state index >= 15 is 0 Å². The van der Waals surface area contributed by atoms with Gasteiger partial charge in [-0.25, -0.2) is 13.1 Å². The summed E-state index contributed by atoms with van der Waals surface area (Å²) in [6.45, 7) is 3.07. The minimum atomic E-state index is -3.64. The number of anilines is 1. The topological polar surface area (TPSA) is 86.8 Å². The van der Waals surface area contributed by atoms with Crippen LogP contribution in [0.2, 0.25) is 0 Å². The van der Waals surface area contributed by atoms with Gasteiger partial charge in [0, 0.05) is 32.5 Å². The fraction of sp³-hybridized carbons (Fsp3) is 0.364. The summed E-state index contributed by atoms with van der Waals surface area (Å²) < 4.78 is 27.7. The van der Waals surface area contributed by atoms with E-state index in [4.69, 9.17) is 0 Å². The Balaban J connectivity index is 1.28. The second kappa shape index (κ2) is 8.67. The third-order valence-electron chi connectivity index (χ3n) is 5.61.